The molecule has 0 bridgehead atoms. The number of aliphatic hydroxyl groups excluding tert-OH is 1. The lowest BCUT2D eigenvalue weighted by Crippen LogP contribution is -2.49. The summed E-state index contributed by atoms with van der Waals surface area (Å²) in [5, 5.41) is 15.7. The van der Waals surface area contributed by atoms with Crippen LogP contribution in [0.5, 0.6) is 0 Å². The highest BCUT2D eigenvalue weighted by Gasteiger charge is 2.51. The first kappa shape index (κ1) is 21.9. The van der Waals surface area contributed by atoms with Crippen molar-refractivity contribution in [1.82, 2.24) is 15.3 Å². The van der Waals surface area contributed by atoms with Crippen molar-refractivity contribution in [3.63, 3.8) is 0 Å². The van der Waals surface area contributed by atoms with Gasteiger partial charge in [0.2, 0.25) is 0 Å². The molecule has 3 N–H and O–H groups in total. The summed E-state index contributed by atoms with van der Waals surface area (Å²) < 4.78 is 34.5. The summed E-state index contributed by atoms with van der Waals surface area (Å²) in [5.41, 5.74) is 0.428. The van der Waals surface area contributed by atoms with Gasteiger partial charge in [-0.05, 0) is 26.8 Å². The molecule has 2 amide bonds. The summed E-state index contributed by atoms with van der Waals surface area (Å²) >= 11 is 0. The number of nitrogens with zero attached hydrogens (tertiary/aromatic N) is 1. The molecule has 0 aromatic heterocycles. The zero-order chi connectivity index (χ0) is 21.3. The van der Waals surface area contributed by atoms with Crippen molar-refractivity contribution >= 4 is 19.7 Å². The third-order valence-corrected chi connectivity index (χ3v) is 6.32. The number of aliphatic hydroxyl groups is 1. The Labute approximate surface area is 168 Å². The summed E-state index contributed by atoms with van der Waals surface area (Å²) in [6.45, 7) is 8.23. The van der Waals surface area contributed by atoms with E-state index in [-0.39, 0.29) is 19.3 Å². The van der Waals surface area contributed by atoms with Crippen LogP contribution in [-0.4, -0.2) is 65.8 Å². The summed E-state index contributed by atoms with van der Waals surface area (Å²) in [6.07, 6.45) is 0.0240. The molecule has 6 atom stereocenters. The van der Waals surface area contributed by atoms with Crippen molar-refractivity contribution < 1.29 is 37.8 Å². The first-order chi connectivity index (χ1) is 13.6. The second-order valence-corrected chi connectivity index (χ2v) is 9.09. The number of carbonyl (C=O) groups is 2. The molecule has 162 valence electrons. The number of carbonyl (C=O) groups excluding carboxylic acids is 2. The molecule has 0 aromatic carbocycles. The van der Waals surface area contributed by atoms with Crippen molar-refractivity contribution in [3.8, 4) is 0 Å². The van der Waals surface area contributed by atoms with Crippen LogP contribution in [0.2, 0.25) is 0 Å². The van der Waals surface area contributed by atoms with E-state index in [9.17, 15) is 19.3 Å². The van der Waals surface area contributed by atoms with Gasteiger partial charge in [0, 0.05) is 17.8 Å². The Bertz CT molecular complexity index is 757. The van der Waals surface area contributed by atoms with Gasteiger partial charge in [-0.3, -0.25) is 18.7 Å². The number of urea groups is 1. The quantitative estimate of drug-likeness (QED) is 0.427. The normalized spacial score (nSPS) is 35.8. The van der Waals surface area contributed by atoms with E-state index in [1.165, 1.54) is 18.0 Å². The topological polar surface area (TPSA) is 136 Å². The van der Waals surface area contributed by atoms with E-state index in [1.807, 2.05) is 0 Å². The van der Waals surface area contributed by atoms with E-state index in [2.05, 4.69) is 17.0 Å². The van der Waals surface area contributed by atoms with Crippen LogP contribution in [0.15, 0.2) is 24.6 Å². The van der Waals surface area contributed by atoms with Crippen LogP contribution in [0.3, 0.4) is 0 Å². The molecule has 0 radical (unpaired) electrons. The monoisotopic (exact) mass is 431 g/mol. The minimum atomic E-state index is -3.82. The molecule has 12 heteroatoms. The van der Waals surface area contributed by atoms with Crippen molar-refractivity contribution in [3.05, 3.63) is 24.6 Å². The van der Waals surface area contributed by atoms with Gasteiger partial charge >= 0.3 is 19.7 Å². The fraction of sp³-hybridized carbons (Fsp3) is 0.647. The maximum atomic E-state index is 12.9. The molecule has 2 saturated heterocycles. The lowest BCUT2D eigenvalue weighted by Gasteiger charge is -2.30. The minimum Gasteiger partial charge on any atom is -0.462 e. The molecular formula is C17H26N3O8P. The van der Waals surface area contributed by atoms with Gasteiger partial charge < -0.3 is 19.9 Å². The lowest BCUT2D eigenvalue weighted by atomic mass is 9.99. The fourth-order valence-corrected chi connectivity index (χ4v) is 4.68. The van der Waals surface area contributed by atoms with Crippen molar-refractivity contribution in [2.24, 2.45) is 5.92 Å². The molecule has 29 heavy (non-hydrogen) atoms. The summed E-state index contributed by atoms with van der Waals surface area (Å²) in [7, 11) is -3.82. The van der Waals surface area contributed by atoms with E-state index in [0.717, 1.165) is 0 Å². The van der Waals surface area contributed by atoms with Gasteiger partial charge in [-0.25, -0.2) is 14.4 Å². The molecular weight excluding hydrogens is 405 g/mol. The number of fused-ring (bicyclic) bond motifs is 1. The molecule has 3 aliphatic rings. The molecule has 1 unspecified atom stereocenters. The molecule has 3 aliphatic heterocycles. The minimum absolute atomic E-state index is 0.148. The van der Waals surface area contributed by atoms with Crippen LogP contribution in [0, 0.1) is 5.92 Å². The van der Waals surface area contributed by atoms with E-state index in [4.69, 9.17) is 18.5 Å². The van der Waals surface area contributed by atoms with E-state index in [1.54, 1.807) is 19.9 Å². The predicted molar refractivity (Wildman–Crippen MR) is 100 cm³/mol. The van der Waals surface area contributed by atoms with Crippen molar-refractivity contribution in [2.45, 2.75) is 51.4 Å². The van der Waals surface area contributed by atoms with Crippen LogP contribution >= 0.6 is 7.75 Å². The SMILES string of the molecule is C=C1C=CN([C@@H]2O[C@@H]3COP(=O)(N[C@H](C)C(=O)OC(C)C)OC[C@H]3[C@H]2O)C(=O)N1. The molecule has 0 saturated carbocycles. The first-order valence-electron chi connectivity index (χ1n) is 9.27. The van der Waals surface area contributed by atoms with E-state index < -0.39 is 50.1 Å². The largest absolute Gasteiger partial charge is 0.462 e. The van der Waals surface area contributed by atoms with Gasteiger partial charge in [-0.1, -0.05) is 6.58 Å². The Kier molecular flexibility index (Phi) is 6.47. The number of esters is 1. The van der Waals surface area contributed by atoms with Gasteiger partial charge in [-0.15, -0.1) is 0 Å². The van der Waals surface area contributed by atoms with E-state index >= 15 is 0 Å². The van der Waals surface area contributed by atoms with E-state index in [0.29, 0.717) is 5.70 Å². The van der Waals surface area contributed by atoms with Crippen LogP contribution in [0.25, 0.3) is 0 Å². The van der Waals surface area contributed by atoms with Gasteiger partial charge in [0.15, 0.2) is 6.23 Å². The third-order valence-electron chi connectivity index (χ3n) is 4.64. The smallest absolute Gasteiger partial charge is 0.406 e. The van der Waals surface area contributed by atoms with Crippen LogP contribution < -0.4 is 10.4 Å². The van der Waals surface area contributed by atoms with Gasteiger partial charge in [0.1, 0.15) is 12.1 Å². The average molecular weight is 431 g/mol. The maximum Gasteiger partial charge on any atom is 0.406 e. The Morgan fingerprint density at radius 3 is 2.76 bits per heavy atom. The Balaban J connectivity index is 1.63. The van der Waals surface area contributed by atoms with Gasteiger partial charge in [0.25, 0.3) is 0 Å². The molecule has 0 aliphatic carbocycles. The molecule has 2 fully saturated rings. The third kappa shape index (κ3) is 4.88. The van der Waals surface area contributed by atoms with Gasteiger partial charge in [0.05, 0.1) is 25.4 Å². The highest BCUT2D eigenvalue weighted by Crippen LogP contribution is 2.49. The average Bonchev–Trinajstić information content (AvgIpc) is 2.83. The zero-order valence-electron chi connectivity index (χ0n) is 16.4. The fourth-order valence-electron chi connectivity index (χ4n) is 3.16. The summed E-state index contributed by atoms with van der Waals surface area (Å²) in [6, 6.07) is -1.40. The Hall–Kier alpha value is -1.75. The number of allylic oxidation sites excluding steroid dienone is 1. The zero-order valence-corrected chi connectivity index (χ0v) is 17.3. The highest BCUT2D eigenvalue weighted by atomic mass is 31.2. The number of amides is 2. The molecule has 11 nitrogen and oxygen atoms in total. The van der Waals surface area contributed by atoms with Crippen LogP contribution in [0.1, 0.15) is 20.8 Å². The standard InChI is InChI=1S/C17H26N3O8P/c1-9(2)27-16(22)11(4)19-29(24)25-7-12-13(8-26-29)28-15(14(12)21)20-6-5-10(3)18-17(20)23/h5-6,9,11-15,21H,3,7-8H2,1-2,4H3,(H,18,23)(H,19,24)/t11-,12-,13-,14-,15-,29?/m1/s1. The van der Waals surface area contributed by atoms with Crippen molar-refractivity contribution in [1.29, 1.82) is 0 Å². The second-order valence-electron chi connectivity index (χ2n) is 7.32. The predicted octanol–water partition coefficient (Wildman–Crippen LogP) is 0.826. The number of hydrogen-bond donors (Lipinski definition) is 3. The van der Waals surface area contributed by atoms with Crippen LogP contribution in [0.4, 0.5) is 4.79 Å². The van der Waals surface area contributed by atoms with Crippen molar-refractivity contribution in [2.75, 3.05) is 13.2 Å². The maximum absolute atomic E-state index is 12.9. The Morgan fingerprint density at radius 2 is 2.10 bits per heavy atom. The number of ether oxygens (including phenoxy) is 2. The molecule has 3 rings (SSSR count). The lowest BCUT2D eigenvalue weighted by molar-refractivity contribution is -0.149. The number of rotatable bonds is 5. The molecule has 3 heterocycles. The summed E-state index contributed by atoms with van der Waals surface area (Å²) in [4.78, 5) is 25.3. The second kappa shape index (κ2) is 8.55. The molecule has 0 aromatic rings. The summed E-state index contributed by atoms with van der Waals surface area (Å²) in [5.74, 6) is -1.17. The molecule has 0 spiro atoms. The Morgan fingerprint density at radius 1 is 1.41 bits per heavy atom. The first-order valence-corrected chi connectivity index (χ1v) is 10.8. The highest BCUT2D eigenvalue weighted by molar-refractivity contribution is 7.51. The number of nitrogens with one attached hydrogen (secondary N) is 2. The number of hydrogen-bond acceptors (Lipinski definition) is 8. The van der Waals surface area contributed by atoms with Gasteiger partial charge in [-0.2, -0.15) is 0 Å². The van der Waals surface area contributed by atoms with Crippen LogP contribution in [-0.2, 0) is 27.9 Å².